The van der Waals surface area contributed by atoms with Gasteiger partial charge in [0, 0.05) is 5.56 Å². The summed E-state index contributed by atoms with van der Waals surface area (Å²) in [5.41, 5.74) is 3.43. The van der Waals surface area contributed by atoms with Gasteiger partial charge in [-0.25, -0.2) is 0 Å². The van der Waals surface area contributed by atoms with Gasteiger partial charge in [0.15, 0.2) is 0 Å². The molecule has 0 atom stereocenters. The molecule has 0 bridgehead atoms. The molecule has 1 aromatic carbocycles. The van der Waals surface area contributed by atoms with Crippen LogP contribution in [0.1, 0.15) is 24.3 Å². The Morgan fingerprint density at radius 1 is 1.11 bits per heavy atom. The fourth-order valence-corrected chi connectivity index (χ4v) is 2.47. The monoisotopic (exact) mass is 242 g/mol. The molecular weight excluding hydrogens is 228 g/mol. The minimum atomic E-state index is -0.665. The predicted octanol–water partition coefficient (Wildman–Crippen LogP) is 3.52. The van der Waals surface area contributed by atoms with Gasteiger partial charge in [0.2, 0.25) is 0 Å². The molecule has 0 aliphatic heterocycles. The second-order valence-corrected chi connectivity index (χ2v) is 4.84. The number of carbonyl (C=O) groups is 1. The Morgan fingerprint density at radius 2 is 1.83 bits per heavy atom. The van der Waals surface area contributed by atoms with E-state index in [0.29, 0.717) is 5.92 Å². The molecule has 3 heteroatoms. The molecule has 0 saturated heterocycles. The molecule has 1 saturated carbocycles. The number of benzene rings is 1. The maximum atomic E-state index is 10.8. The van der Waals surface area contributed by atoms with Crippen molar-refractivity contribution in [3.63, 3.8) is 0 Å². The number of carboxylic acids is 1. The highest BCUT2D eigenvalue weighted by Crippen LogP contribution is 2.42. The van der Waals surface area contributed by atoms with Gasteiger partial charge in [0.1, 0.15) is 0 Å². The van der Waals surface area contributed by atoms with Gasteiger partial charge in [-0.2, -0.15) is 0 Å². The van der Waals surface area contributed by atoms with Crippen molar-refractivity contribution in [1.29, 1.82) is 0 Å². The molecule has 3 rings (SSSR count). The molecule has 0 amide bonds. The van der Waals surface area contributed by atoms with Gasteiger partial charge in [-0.15, -0.1) is 0 Å². The number of carboxylic acid groups (broad SMARTS) is 1. The third-order valence-corrected chi connectivity index (χ3v) is 3.72. The van der Waals surface area contributed by atoms with Gasteiger partial charge in [-0.05, 0) is 36.0 Å². The van der Waals surface area contributed by atoms with Crippen molar-refractivity contribution in [2.24, 2.45) is 5.92 Å². The van der Waals surface area contributed by atoms with Crippen LogP contribution in [0.15, 0.2) is 47.3 Å². The summed E-state index contributed by atoms with van der Waals surface area (Å²) in [5.74, 6) is -0.408. The van der Waals surface area contributed by atoms with E-state index in [1.165, 1.54) is 5.56 Å². The van der Waals surface area contributed by atoms with Gasteiger partial charge in [-0.1, -0.05) is 24.3 Å². The third-order valence-electron chi connectivity index (χ3n) is 3.72. The standard InChI is InChI=1S/C15H14O3/c16-15(17)14-7-13(8-14)11-3-1-10(2-4-11)12-5-6-18-9-12/h1-6,9,13-14H,7-8H2,(H,16,17). The SMILES string of the molecule is O=C(O)C1CC(c2ccc(-c3ccoc3)cc2)C1. The topological polar surface area (TPSA) is 50.4 Å². The molecule has 2 aromatic rings. The summed E-state index contributed by atoms with van der Waals surface area (Å²) in [6.45, 7) is 0. The number of hydrogen-bond donors (Lipinski definition) is 1. The number of hydrogen-bond acceptors (Lipinski definition) is 2. The van der Waals surface area contributed by atoms with Gasteiger partial charge in [0.05, 0.1) is 18.4 Å². The molecule has 0 unspecified atom stereocenters. The van der Waals surface area contributed by atoms with Crippen molar-refractivity contribution in [1.82, 2.24) is 0 Å². The largest absolute Gasteiger partial charge is 0.481 e. The summed E-state index contributed by atoms with van der Waals surface area (Å²) in [6, 6.07) is 10.2. The second-order valence-electron chi connectivity index (χ2n) is 4.84. The average Bonchev–Trinajstić information content (AvgIpc) is 2.81. The molecule has 1 heterocycles. The Morgan fingerprint density at radius 3 is 2.39 bits per heavy atom. The van der Waals surface area contributed by atoms with Crippen LogP contribution in [-0.2, 0) is 4.79 Å². The summed E-state index contributed by atoms with van der Waals surface area (Å²) in [7, 11) is 0. The van der Waals surface area contributed by atoms with Crippen molar-refractivity contribution >= 4 is 5.97 Å². The van der Waals surface area contributed by atoms with Crippen LogP contribution < -0.4 is 0 Å². The summed E-state index contributed by atoms with van der Waals surface area (Å²) >= 11 is 0. The molecule has 1 aromatic heterocycles. The van der Waals surface area contributed by atoms with E-state index >= 15 is 0 Å². The molecule has 1 fully saturated rings. The van der Waals surface area contributed by atoms with E-state index in [0.717, 1.165) is 24.0 Å². The first-order valence-electron chi connectivity index (χ1n) is 6.09. The van der Waals surface area contributed by atoms with Crippen LogP contribution in [0.25, 0.3) is 11.1 Å². The van der Waals surface area contributed by atoms with Crippen LogP contribution in [0.4, 0.5) is 0 Å². The normalized spacial score (nSPS) is 22.4. The third kappa shape index (κ3) is 1.92. The Labute approximate surface area is 105 Å². The van der Waals surface area contributed by atoms with Crippen molar-refractivity contribution in [3.05, 3.63) is 48.4 Å². The lowest BCUT2D eigenvalue weighted by molar-refractivity contribution is -0.145. The van der Waals surface area contributed by atoms with Crippen LogP contribution in [-0.4, -0.2) is 11.1 Å². The highest BCUT2D eigenvalue weighted by molar-refractivity contribution is 5.71. The minimum absolute atomic E-state index is 0.149. The van der Waals surface area contributed by atoms with Gasteiger partial charge < -0.3 is 9.52 Å². The first-order chi connectivity index (χ1) is 8.74. The number of rotatable bonds is 3. The van der Waals surface area contributed by atoms with Gasteiger partial charge in [-0.3, -0.25) is 4.79 Å². The van der Waals surface area contributed by atoms with E-state index < -0.39 is 5.97 Å². The van der Waals surface area contributed by atoms with Crippen molar-refractivity contribution in [2.75, 3.05) is 0 Å². The first-order valence-corrected chi connectivity index (χ1v) is 6.09. The lowest BCUT2D eigenvalue weighted by Gasteiger charge is -2.32. The lowest BCUT2D eigenvalue weighted by Crippen LogP contribution is -2.28. The Bertz CT molecular complexity index is 534. The van der Waals surface area contributed by atoms with E-state index in [2.05, 4.69) is 24.3 Å². The Kier molecular flexibility index (Phi) is 2.67. The van der Waals surface area contributed by atoms with Crippen molar-refractivity contribution in [2.45, 2.75) is 18.8 Å². The smallest absolute Gasteiger partial charge is 0.306 e. The second kappa shape index (κ2) is 4.33. The maximum absolute atomic E-state index is 10.8. The highest BCUT2D eigenvalue weighted by Gasteiger charge is 2.35. The zero-order valence-corrected chi connectivity index (χ0v) is 9.87. The molecule has 92 valence electrons. The molecule has 0 radical (unpaired) electrons. The van der Waals surface area contributed by atoms with Crippen molar-refractivity contribution < 1.29 is 14.3 Å². The summed E-state index contributed by atoms with van der Waals surface area (Å²) in [6.07, 6.45) is 4.91. The number of furan rings is 1. The summed E-state index contributed by atoms with van der Waals surface area (Å²) in [5, 5.41) is 8.86. The van der Waals surface area contributed by atoms with Crippen LogP contribution in [0.3, 0.4) is 0 Å². The average molecular weight is 242 g/mol. The van der Waals surface area contributed by atoms with E-state index in [1.54, 1.807) is 12.5 Å². The van der Waals surface area contributed by atoms with Crippen LogP contribution in [0.5, 0.6) is 0 Å². The van der Waals surface area contributed by atoms with Crippen LogP contribution >= 0.6 is 0 Å². The molecule has 1 aliphatic rings. The summed E-state index contributed by atoms with van der Waals surface area (Å²) in [4.78, 5) is 10.8. The fourth-order valence-electron chi connectivity index (χ4n) is 2.47. The zero-order chi connectivity index (χ0) is 12.5. The van der Waals surface area contributed by atoms with E-state index in [4.69, 9.17) is 9.52 Å². The predicted molar refractivity (Wildman–Crippen MR) is 67.2 cm³/mol. The first kappa shape index (κ1) is 11.1. The van der Waals surface area contributed by atoms with Gasteiger partial charge in [0.25, 0.3) is 0 Å². The highest BCUT2D eigenvalue weighted by atomic mass is 16.4. The Balaban J connectivity index is 1.71. The fraction of sp³-hybridized carbons (Fsp3) is 0.267. The lowest BCUT2D eigenvalue weighted by atomic mass is 9.71. The minimum Gasteiger partial charge on any atom is -0.481 e. The van der Waals surface area contributed by atoms with E-state index in [1.807, 2.05) is 6.07 Å². The summed E-state index contributed by atoms with van der Waals surface area (Å²) < 4.78 is 5.05. The van der Waals surface area contributed by atoms with Crippen LogP contribution in [0, 0.1) is 5.92 Å². The maximum Gasteiger partial charge on any atom is 0.306 e. The molecule has 0 spiro atoms. The molecular formula is C15H14O3. The number of aliphatic carboxylic acids is 1. The molecule has 1 N–H and O–H groups in total. The van der Waals surface area contributed by atoms with Crippen LogP contribution in [0.2, 0.25) is 0 Å². The molecule has 3 nitrogen and oxygen atoms in total. The molecule has 18 heavy (non-hydrogen) atoms. The Hall–Kier alpha value is -2.03. The van der Waals surface area contributed by atoms with E-state index in [-0.39, 0.29) is 5.92 Å². The zero-order valence-electron chi connectivity index (χ0n) is 9.87. The molecule has 1 aliphatic carbocycles. The van der Waals surface area contributed by atoms with E-state index in [9.17, 15) is 4.79 Å². The van der Waals surface area contributed by atoms with Gasteiger partial charge >= 0.3 is 5.97 Å². The quantitative estimate of drug-likeness (QED) is 0.895. The van der Waals surface area contributed by atoms with Crippen molar-refractivity contribution in [3.8, 4) is 11.1 Å².